The molecule has 0 atom stereocenters. The van der Waals surface area contributed by atoms with Gasteiger partial charge in [0.05, 0.1) is 13.7 Å². The largest absolute Gasteiger partial charge is 0.494 e. The van der Waals surface area contributed by atoms with Crippen molar-refractivity contribution in [3.05, 3.63) is 52.3 Å². The highest BCUT2D eigenvalue weighted by Crippen LogP contribution is 2.25. The summed E-state index contributed by atoms with van der Waals surface area (Å²) >= 11 is 5.61. The van der Waals surface area contributed by atoms with Gasteiger partial charge in [0.25, 0.3) is 0 Å². The fourth-order valence-corrected chi connectivity index (χ4v) is 1.89. The Hall–Kier alpha value is -1.98. The molecular weight excluding hydrogens is 295 g/mol. The number of halogens is 2. The predicted octanol–water partition coefficient (Wildman–Crippen LogP) is 3.59. The quantitative estimate of drug-likeness (QED) is 0.792. The predicted molar refractivity (Wildman–Crippen MR) is 79.6 cm³/mol. The first-order valence-electron chi connectivity index (χ1n) is 6.15. The van der Waals surface area contributed by atoms with Gasteiger partial charge in [-0.3, -0.25) is 0 Å². The van der Waals surface area contributed by atoms with Crippen LogP contribution in [-0.2, 0) is 11.3 Å². The fourth-order valence-electron chi connectivity index (χ4n) is 1.79. The monoisotopic (exact) mass is 308 g/mol. The maximum atomic E-state index is 14.2. The molecule has 6 heteroatoms. The van der Waals surface area contributed by atoms with Crippen LogP contribution in [-0.4, -0.2) is 24.2 Å². The number of hydrogen-bond donors (Lipinski definition) is 0. The Morgan fingerprint density at radius 2 is 1.90 bits per heavy atom. The second-order valence-electron chi connectivity index (χ2n) is 4.25. The molecule has 0 N–H and O–H groups in total. The molecule has 110 valence electrons. The Kier molecular flexibility index (Phi) is 5.25. The minimum Gasteiger partial charge on any atom is -0.494 e. The lowest BCUT2D eigenvalue weighted by Crippen LogP contribution is -1.96. The van der Waals surface area contributed by atoms with Gasteiger partial charge >= 0.3 is 0 Å². The van der Waals surface area contributed by atoms with Crippen molar-refractivity contribution in [2.45, 2.75) is 6.61 Å². The van der Waals surface area contributed by atoms with Crippen molar-refractivity contribution in [3.63, 3.8) is 0 Å². The van der Waals surface area contributed by atoms with Gasteiger partial charge in [0, 0.05) is 30.6 Å². The molecule has 1 heterocycles. The normalized spacial score (nSPS) is 11.0. The van der Waals surface area contributed by atoms with Crippen LogP contribution in [0.2, 0.25) is 5.28 Å². The summed E-state index contributed by atoms with van der Waals surface area (Å²) in [5, 5.41) is 0.169. The number of ether oxygens (including phenoxy) is 2. The molecule has 21 heavy (non-hydrogen) atoms. The zero-order chi connectivity index (χ0) is 15.2. The number of rotatable bonds is 5. The van der Waals surface area contributed by atoms with E-state index in [0.29, 0.717) is 12.2 Å². The number of benzene rings is 1. The molecule has 1 aromatic heterocycles. The maximum absolute atomic E-state index is 14.2. The summed E-state index contributed by atoms with van der Waals surface area (Å²) in [5.74, 6) is -0.250. The van der Waals surface area contributed by atoms with E-state index in [1.54, 1.807) is 43.8 Å². The van der Waals surface area contributed by atoms with Crippen molar-refractivity contribution in [3.8, 4) is 5.75 Å². The van der Waals surface area contributed by atoms with E-state index in [4.69, 9.17) is 21.1 Å². The summed E-state index contributed by atoms with van der Waals surface area (Å²) in [6.45, 7) is 0.377. The third-order valence-electron chi connectivity index (χ3n) is 2.75. The Labute approximate surface area is 127 Å². The number of methoxy groups -OCH3 is 2. The van der Waals surface area contributed by atoms with Gasteiger partial charge in [-0.15, -0.1) is 0 Å². The third-order valence-corrected chi connectivity index (χ3v) is 2.95. The maximum Gasteiger partial charge on any atom is 0.222 e. The molecule has 0 aliphatic carbocycles. The third kappa shape index (κ3) is 4.00. The van der Waals surface area contributed by atoms with E-state index in [-0.39, 0.29) is 11.0 Å². The van der Waals surface area contributed by atoms with Crippen LogP contribution >= 0.6 is 11.6 Å². The molecule has 0 amide bonds. The van der Waals surface area contributed by atoms with Crippen LogP contribution in [0.1, 0.15) is 16.7 Å². The number of nitrogens with zero attached hydrogens (tertiary/aromatic N) is 2. The summed E-state index contributed by atoms with van der Waals surface area (Å²) in [7, 11) is 3.01. The van der Waals surface area contributed by atoms with Crippen molar-refractivity contribution >= 4 is 23.8 Å². The average Bonchev–Trinajstić information content (AvgIpc) is 2.49. The lowest BCUT2D eigenvalue weighted by atomic mass is 10.1. The Morgan fingerprint density at radius 3 is 2.52 bits per heavy atom. The molecular formula is C15H14ClFN2O2. The van der Waals surface area contributed by atoms with E-state index in [1.807, 2.05) is 0 Å². The van der Waals surface area contributed by atoms with Gasteiger partial charge in [-0.2, -0.15) is 0 Å². The Bertz CT molecular complexity index is 645. The van der Waals surface area contributed by atoms with E-state index in [0.717, 1.165) is 11.1 Å². The first-order chi connectivity index (χ1) is 10.1. The van der Waals surface area contributed by atoms with Gasteiger partial charge < -0.3 is 9.47 Å². The van der Waals surface area contributed by atoms with Gasteiger partial charge in [0.2, 0.25) is 5.28 Å². The average molecular weight is 309 g/mol. The minimum atomic E-state index is -0.427. The van der Waals surface area contributed by atoms with Crippen LogP contribution in [0.5, 0.6) is 5.75 Å². The van der Waals surface area contributed by atoms with Crippen LogP contribution in [0.3, 0.4) is 0 Å². The number of hydrogen-bond acceptors (Lipinski definition) is 4. The number of aromatic nitrogens is 2. The van der Waals surface area contributed by atoms with Crippen LogP contribution in [0, 0.1) is 5.82 Å². The topological polar surface area (TPSA) is 44.2 Å². The van der Waals surface area contributed by atoms with Gasteiger partial charge in [0.1, 0.15) is 0 Å². The van der Waals surface area contributed by atoms with Gasteiger partial charge in [0.15, 0.2) is 11.6 Å². The van der Waals surface area contributed by atoms with Crippen LogP contribution in [0.4, 0.5) is 4.39 Å². The van der Waals surface area contributed by atoms with Crippen LogP contribution < -0.4 is 4.74 Å². The first kappa shape index (κ1) is 15.4. The highest BCUT2D eigenvalue weighted by atomic mass is 35.5. The Morgan fingerprint density at radius 1 is 1.19 bits per heavy atom. The van der Waals surface area contributed by atoms with Crippen molar-refractivity contribution in [2.24, 2.45) is 0 Å². The summed E-state index contributed by atoms with van der Waals surface area (Å²) < 4.78 is 24.3. The standard InChI is InChI=1S/C15H14ClFN2O2/c1-20-9-11-5-12(14(17)13(6-11)21-2)4-3-10-7-18-15(16)19-8-10/h3-8H,9H2,1-2H3. The van der Waals surface area contributed by atoms with Crippen molar-refractivity contribution in [2.75, 3.05) is 14.2 Å². The van der Waals surface area contributed by atoms with E-state index in [2.05, 4.69) is 9.97 Å². The van der Waals surface area contributed by atoms with Gasteiger partial charge in [-0.1, -0.05) is 12.2 Å². The van der Waals surface area contributed by atoms with E-state index in [1.165, 1.54) is 7.11 Å². The first-order valence-corrected chi connectivity index (χ1v) is 6.53. The molecule has 1 aromatic carbocycles. The van der Waals surface area contributed by atoms with Gasteiger partial charge in [-0.05, 0) is 29.3 Å². The molecule has 0 spiro atoms. The lowest BCUT2D eigenvalue weighted by molar-refractivity contribution is 0.184. The van der Waals surface area contributed by atoms with Crippen LogP contribution in [0.25, 0.3) is 12.2 Å². The molecule has 0 fully saturated rings. The van der Waals surface area contributed by atoms with Crippen LogP contribution in [0.15, 0.2) is 24.5 Å². The van der Waals surface area contributed by atoms with E-state index < -0.39 is 5.82 Å². The van der Waals surface area contributed by atoms with E-state index in [9.17, 15) is 4.39 Å². The molecule has 2 aromatic rings. The van der Waals surface area contributed by atoms with Gasteiger partial charge in [-0.25, -0.2) is 14.4 Å². The molecule has 0 unspecified atom stereocenters. The van der Waals surface area contributed by atoms with Crippen molar-refractivity contribution in [1.29, 1.82) is 0 Å². The van der Waals surface area contributed by atoms with E-state index >= 15 is 0 Å². The zero-order valence-corrected chi connectivity index (χ0v) is 12.4. The fraction of sp³-hybridized carbons (Fsp3) is 0.200. The second kappa shape index (κ2) is 7.15. The summed E-state index contributed by atoms with van der Waals surface area (Å²) in [6, 6.07) is 3.32. The molecule has 0 aliphatic rings. The molecule has 4 nitrogen and oxygen atoms in total. The molecule has 0 saturated carbocycles. The molecule has 0 bridgehead atoms. The highest BCUT2D eigenvalue weighted by Gasteiger charge is 2.09. The minimum absolute atomic E-state index is 0.169. The molecule has 0 aliphatic heterocycles. The Balaban J connectivity index is 2.33. The van der Waals surface area contributed by atoms with Crippen molar-refractivity contribution in [1.82, 2.24) is 9.97 Å². The SMILES string of the molecule is COCc1cc(C=Cc2cnc(Cl)nc2)c(F)c(OC)c1. The smallest absolute Gasteiger partial charge is 0.222 e. The van der Waals surface area contributed by atoms with Crippen molar-refractivity contribution < 1.29 is 13.9 Å². The molecule has 0 saturated heterocycles. The molecule has 0 radical (unpaired) electrons. The highest BCUT2D eigenvalue weighted by molar-refractivity contribution is 6.28. The second-order valence-corrected chi connectivity index (χ2v) is 4.59. The summed E-state index contributed by atoms with van der Waals surface area (Å²) in [5.41, 5.74) is 1.94. The summed E-state index contributed by atoms with van der Waals surface area (Å²) in [4.78, 5) is 7.72. The zero-order valence-electron chi connectivity index (χ0n) is 11.6. The summed E-state index contributed by atoms with van der Waals surface area (Å²) in [6.07, 6.45) is 6.44. The molecule has 2 rings (SSSR count). The lowest BCUT2D eigenvalue weighted by Gasteiger charge is -2.08.